The third kappa shape index (κ3) is 2.18. The fraction of sp³-hybridized carbons (Fsp3) is 0.333. The van der Waals surface area contributed by atoms with Gasteiger partial charge in [-0.25, -0.2) is 4.68 Å². The fourth-order valence-electron chi connectivity index (χ4n) is 2.66. The fourth-order valence-corrected chi connectivity index (χ4v) is 2.66. The van der Waals surface area contributed by atoms with Crippen LogP contribution in [0.15, 0.2) is 36.5 Å². The van der Waals surface area contributed by atoms with Gasteiger partial charge < -0.3 is 0 Å². The van der Waals surface area contributed by atoms with Crippen LogP contribution in [0.2, 0.25) is 0 Å². The van der Waals surface area contributed by atoms with E-state index in [4.69, 9.17) is 0 Å². The van der Waals surface area contributed by atoms with E-state index in [2.05, 4.69) is 5.10 Å². The normalized spacial score (nSPS) is 15.8. The number of nitrogens with zero attached hydrogens (tertiary/aromatic N) is 2. The monoisotopic (exact) mass is 258 g/mol. The molecule has 3 nitrogen and oxygen atoms in total. The standard InChI is InChI=1S/C15H15FN2O/c16-15-13(14(19)11-6-4-5-7-11)10-17-18(15)12-8-2-1-3-9-12/h1-3,8-11H,4-7H2. The van der Waals surface area contributed by atoms with Crippen LogP contribution in [-0.2, 0) is 0 Å². The summed E-state index contributed by atoms with van der Waals surface area (Å²) in [5, 5.41) is 4.00. The minimum absolute atomic E-state index is 0.0251. The van der Waals surface area contributed by atoms with Crippen LogP contribution in [0.5, 0.6) is 0 Å². The Balaban J connectivity index is 1.93. The molecule has 1 aliphatic rings. The van der Waals surface area contributed by atoms with Crippen LogP contribution in [0.1, 0.15) is 36.0 Å². The summed E-state index contributed by atoms with van der Waals surface area (Å²) in [4.78, 5) is 12.2. The lowest BCUT2D eigenvalue weighted by Gasteiger charge is -2.06. The average molecular weight is 258 g/mol. The summed E-state index contributed by atoms with van der Waals surface area (Å²) in [6.07, 6.45) is 5.21. The molecule has 1 heterocycles. The van der Waals surface area contributed by atoms with Crippen LogP contribution in [0.3, 0.4) is 0 Å². The third-order valence-corrected chi connectivity index (χ3v) is 3.70. The molecule has 0 bridgehead atoms. The van der Waals surface area contributed by atoms with Crippen LogP contribution in [0, 0.1) is 11.9 Å². The lowest BCUT2D eigenvalue weighted by molar-refractivity contribution is 0.0918. The highest BCUT2D eigenvalue weighted by Gasteiger charge is 2.28. The predicted molar refractivity (Wildman–Crippen MR) is 69.8 cm³/mol. The van der Waals surface area contributed by atoms with Crippen molar-refractivity contribution in [3.63, 3.8) is 0 Å². The van der Waals surface area contributed by atoms with Crippen LogP contribution in [0.4, 0.5) is 4.39 Å². The Morgan fingerprint density at radius 3 is 2.58 bits per heavy atom. The second-order valence-electron chi connectivity index (χ2n) is 4.94. The van der Waals surface area contributed by atoms with Gasteiger partial charge >= 0.3 is 0 Å². The highest BCUT2D eigenvalue weighted by atomic mass is 19.1. The van der Waals surface area contributed by atoms with Crippen molar-refractivity contribution >= 4 is 5.78 Å². The Kier molecular flexibility index (Phi) is 3.15. The van der Waals surface area contributed by atoms with E-state index < -0.39 is 5.95 Å². The number of carbonyl (C=O) groups excluding carboxylic acids is 1. The lowest BCUT2D eigenvalue weighted by atomic mass is 9.98. The van der Waals surface area contributed by atoms with Crippen LogP contribution in [0.25, 0.3) is 5.69 Å². The summed E-state index contributed by atoms with van der Waals surface area (Å²) in [7, 11) is 0. The maximum atomic E-state index is 14.3. The Labute approximate surface area is 111 Å². The van der Waals surface area contributed by atoms with E-state index in [1.165, 1.54) is 10.9 Å². The molecule has 0 radical (unpaired) electrons. The molecule has 0 saturated heterocycles. The van der Waals surface area contributed by atoms with E-state index in [1.54, 1.807) is 12.1 Å². The quantitative estimate of drug-likeness (QED) is 0.791. The first-order valence-corrected chi connectivity index (χ1v) is 6.60. The van der Waals surface area contributed by atoms with Crippen LogP contribution < -0.4 is 0 Å². The second-order valence-corrected chi connectivity index (χ2v) is 4.94. The molecule has 19 heavy (non-hydrogen) atoms. The molecule has 1 aromatic heterocycles. The molecular weight excluding hydrogens is 243 g/mol. The van der Waals surface area contributed by atoms with Gasteiger partial charge in [0.2, 0.25) is 5.95 Å². The molecule has 0 N–H and O–H groups in total. The van der Waals surface area contributed by atoms with Crippen molar-refractivity contribution in [3.05, 3.63) is 48.0 Å². The molecule has 1 saturated carbocycles. The van der Waals surface area contributed by atoms with Crippen LogP contribution in [-0.4, -0.2) is 15.6 Å². The molecule has 0 atom stereocenters. The summed E-state index contributed by atoms with van der Waals surface area (Å²) < 4.78 is 15.5. The number of hydrogen-bond donors (Lipinski definition) is 0. The molecule has 0 spiro atoms. The van der Waals surface area contributed by atoms with Crippen molar-refractivity contribution < 1.29 is 9.18 Å². The van der Waals surface area contributed by atoms with E-state index in [-0.39, 0.29) is 17.3 Å². The highest BCUT2D eigenvalue weighted by molar-refractivity contribution is 5.97. The molecule has 3 rings (SSSR count). The zero-order valence-corrected chi connectivity index (χ0v) is 10.6. The molecule has 4 heteroatoms. The van der Waals surface area contributed by atoms with Gasteiger partial charge in [0, 0.05) is 5.92 Å². The molecule has 0 aliphatic heterocycles. The number of hydrogen-bond acceptors (Lipinski definition) is 2. The number of para-hydroxylation sites is 1. The van der Waals surface area contributed by atoms with Crippen molar-refractivity contribution in [2.24, 2.45) is 5.92 Å². The largest absolute Gasteiger partial charge is 0.294 e. The first-order valence-electron chi connectivity index (χ1n) is 6.60. The maximum Gasteiger partial charge on any atom is 0.227 e. The summed E-state index contributed by atoms with van der Waals surface area (Å²) in [6, 6.07) is 9.01. The van der Waals surface area contributed by atoms with E-state index in [1.807, 2.05) is 18.2 Å². The number of benzene rings is 1. The van der Waals surface area contributed by atoms with Gasteiger partial charge in [-0.3, -0.25) is 4.79 Å². The minimum atomic E-state index is -0.553. The van der Waals surface area contributed by atoms with Crippen molar-refractivity contribution in [1.82, 2.24) is 9.78 Å². The second kappa shape index (κ2) is 4.96. The first kappa shape index (κ1) is 12.1. The van der Waals surface area contributed by atoms with Crippen molar-refractivity contribution in [3.8, 4) is 5.69 Å². The maximum absolute atomic E-state index is 14.3. The van der Waals surface area contributed by atoms with E-state index >= 15 is 0 Å². The average Bonchev–Trinajstić information content (AvgIpc) is 3.08. The molecule has 1 aromatic carbocycles. The molecule has 1 fully saturated rings. The molecule has 98 valence electrons. The zero-order chi connectivity index (χ0) is 13.2. The minimum Gasteiger partial charge on any atom is -0.294 e. The Hall–Kier alpha value is -1.97. The highest BCUT2D eigenvalue weighted by Crippen LogP contribution is 2.29. The molecule has 1 aliphatic carbocycles. The van der Waals surface area contributed by atoms with Gasteiger partial charge in [0.15, 0.2) is 5.78 Å². The number of ketones is 1. The van der Waals surface area contributed by atoms with E-state index in [9.17, 15) is 9.18 Å². The van der Waals surface area contributed by atoms with Crippen molar-refractivity contribution in [2.75, 3.05) is 0 Å². The van der Waals surface area contributed by atoms with Gasteiger partial charge in [-0.2, -0.15) is 9.49 Å². The summed E-state index contributed by atoms with van der Waals surface area (Å²) in [6.45, 7) is 0. The van der Waals surface area contributed by atoms with E-state index in [0.29, 0.717) is 5.69 Å². The summed E-state index contributed by atoms with van der Waals surface area (Å²) in [5.74, 6) is -0.678. The van der Waals surface area contributed by atoms with E-state index in [0.717, 1.165) is 25.7 Å². The van der Waals surface area contributed by atoms with Crippen LogP contribution >= 0.6 is 0 Å². The zero-order valence-electron chi connectivity index (χ0n) is 10.6. The van der Waals surface area contributed by atoms with Crippen molar-refractivity contribution in [1.29, 1.82) is 0 Å². The number of halogens is 1. The third-order valence-electron chi connectivity index (χ3n) is 3.70. The van der Waals surface area contributed by atoms with Gasteiger partial charge in [0.25, 0.3) is 0 Å². The number of aromatic nitrogens is 2. The Morgan fingerprint density at radius 2 is 1.89 bits per heavy atom. The number of Topliss-reactive ketones (excluding diaryl/α,β-unsaturated/α-hetero) is 1. The van der Waals surface area contributed by atoms with Crippen molar-refractivity contribution in [2.45, 2.75) is 25.7 Å². The smallest absolute Gasteiger partial charge is 0.227 e. The van der Waals surface area contributed by atoms with Gasteiger partial charge in [0.1, 0.15) is 0 Å². The Morgan fingerprint density at radius 1 is 1.21 bits per heavy atom. The molecule has 0 unspecified atom stereocenters. The molecule has 2 aromatic rings. The topological polar surface area (TPSA) is 34.9 Å². The molecule has 0 amide bonds. The summed E-state index contributed by atoms with van der Waals surface area (Å²) >= 11 is 0. The number of carbonyl (C=O) groups is 1. The van der Waals surface area contributed by atoms with Gasteiger partial charge in [-0.1, -0.05) is 31.0 Å². The predicted octanol–water partition coefficient (Wildman–Crippen LogP) is 3.38. The SMILES string of the molecule is O=C(c1cnn(-c2ccccc2)c1F)C1CCCC1. The Bertz CT molecular complexity index is 585. The summed E-state index contributed by atoms with van der Waals surface area (Å²) in [5.41, 5.74) is 0.751. The van der Waals surface area contributed by atoms with Gasteiger partial charge in [-0.05, 0) is 25.0 Å². The van der Waals surface area contributed by atoms with Gasteiger partial charge in [0.05, 0.1) is 17.4 Å². The first-order chi connectivity index (χ1) is 9.27. The lowest BCUT2D eigenvalue weighted by Crippen LogP contribution is -2.12. The van der Waals surface area contributed by atoms with Gasteiger partial charge in [-0.15, -0.1) is 0 Å². The number of rotatable bonds is 3. The molecular formula is C15H15FN2O.